The first kappa shape index (κ1) is 27.8. The Morgan fingerprint density at radius 3 is 2.63 bits per heavy atom. The summed E-state index contributed by atoms with van der Waals surface area (Å²) < 4.78 is 7.06. The first-order valence-electron chi connectivity index (χ1n) is 12.0. The monoisotopic (exact) mass is 477 g/mol. The lowest BCUT2D eigenvalue weighted by Crippen LogP contribution is -2.12. The van der Waals surface area contributed by atoms with Crippen molar-refractivity contribution in [1.82, 2.24) is 9.78 Å². The van der Waals surface area contributed by atoms with E-state index in [0.29, 0.717) is 12.3 Å². The van der Waals surface area contributed by atoms with E-state index in [1.165, 1.54) is 11.1 Å². The molecular weight excluding hydrogens is 441 g/mol. The summed E-state index contributed by atoms with van der Waals surface area (Å²) in [5.74, 6) is 3.46. The number of rotatable bonds is 6. The van der Waals surface area contributed by atoms with E-state index in [1.54, 1.807) is 7.11 Å². The molecule has 0 amide bonds. The first-order chi connectivity index (χ1) is 16.3. The molecule has 0 saturated carbocycles. The van der Waals surface area contributed by atoms with Gasteiger partial charge in [-0.05, 0) is 81.7 Å². The SMILES string of the molecule is C#C/C1=C(\N=C(C)OC)CC/C(=C/C(=O)Cn2nc(-c3ccc(C)c(C)c3)cc2CC)CCC1.F. The summed E-state index contributed by atoms with van der Waals surface area (Å²) in [6.07, 6.45) is 12.4. The number of aromatic nitrogens is 2. The van der Waals surface area contributed by atoms with Crippen molar-refractivity contribution in [3.63, 3.8) is 0 Å². The highest BCUT2D eigenvalue weighted by Gasteiger charge is 2.15. The van der Waals surface area contributed by atoms with Crippen molar-refractivity contribution in [1.29, 1.82) is 0 Å². The van der Waals surface area contributed by atoms with Gasteiger partial charge in [-0.1, -0.05) is 30.6 Å². The molecule has 186 valence electrons. The summed E-state index contributed by atoms with van der Waals surface area (Å²) in [4.78, 5) is 17.5. The fourth-order valence-electron chi connectivity index (χ4n) is 4.19. The molecule has 0 spiro atoms. The topological polar surface area (TPSA) is 56.5 Å². The number of benzene rings is 1. The highest BCUT2D eigenvalue weighted by molar-refractivity contribution is 5.90. The van der Waals surface area contributed by atoms with Gasteiger partial charge in [0.1, 0.15) is 6.54 Å². The van der Waals surface area contributed by atoms with Crippen molar-refractivity contribution in [2.75, 3.05) is 7.11 Å². The predicted molar refractivity (Wildman–Crippen MR) is 141 cm³/mol. The molecule has 1 aliphatic rings. The summed E-state index contributed by atoms with van der Waals surface area (Å²) in [6, 6.07) is 8.46. The van der Waals surface area contributed by atoms with E-state index in [-0.39, 0.29) is 17.0 Å². The third kappa shape index (κ3) is 7.26. The number of aliphatic imine (C=N–C) groups is 1. The van der Waals surface area contributed by atoms with Crippen molar-refractivity contribution in [3.05, 3.63) is 64.0 Å². The van der Waals surface area contributed by atoms with Crippen LogP contribution >= 0.6 is 0 Å². The van der Waals surface area contributed by atoms with Crippen LogP contribution in [0.25, 0.3) is 11.3 Å². The summed E-state index contributed by atoms with van der Waals surface area (Å²) in [7, 11) is 1.60. The normalized spacial score (nSPS) is 17.8. The van der Waals surface area contributed by atoms with Gasteiger partial charge in [0, 0.05) is 23.8 Å². The summed E-state index contributed by atoms with van der Waals surface area (Å²) >= 11 is 0. The number of methoxy groups -OCH3 is 1. The van der Waals surface area contributed by atoms with E-state index >= 15 is 0 Å². The van der Waals surface area contributed by atoms with Gasteiger partial charge in [-0.3, -0.25) is 14.2 Å². The minimum Gasteiger partial charge on any atom is -0.484 e. The Labute approximate surface area is 208 Å². The zero-order valence-corrected chi connectivity index (χ0v) is 21.5. The second kappa shape index (κ2) is 12.9. The van der Waals surface area contributed by atoms with Crippen LogP contribution in [0.1, 0.15) is 62.8 Å². The van der Waals surface area contributed by atoms with Crippen LogP contribution in [-0.4, -0.2) is 28.6 Å². The largest absolute Gasteiger partial charge is 0.484 e. The molecule has 6 heteroatoms. The molecule has 0 unspecified atom stereocenters. The molecule has 0 fully saturated rings. The van der Waals surface area contributed by atoms with Gasteiger partial charge in [-0.2, -0.15) is 5.10 Å². The molecule has 35 heavy (non-hydrogen) atoms. The van der Waals surface area contributed by atoms with E-state index in [2.05, 4.69) is 55.9 Å². The highest BCUT2D eigenvalue weighted by atomic mass is 19.0. The summed E-state index contributed by atoms with van der Waals surface area (Å²) in [5, 5.41) is 4.77. The van der Waals surface area contributed by atoms with Crippen LogP contribution < -0.4 is 0 Å². The van der Waals surface area contributed by atoms with Gasteiger partial charge in [-0.25, -0.2) is 4.99 Å². The summed E-state index contributed by atoms with van der Waals surface area (Å²) in [5.41, 5.74) is 8.52. The Morgan fingerprint density at radius 2 is 1.97 bits per heavy atom. The minimum absolute atomic E-state index is 0. The van der Waals surface area contributed by atoms with Gasteiger partial charge in [-0.15, -0.1) is 6.42 Å². The molecule has 1 heterocycles. The molecule has 1 aliphatic carbocycles. The number of aryl methyl sites for hydroxylation is 3. The average Bonchev–Trinajstić information content (AvgIpc) is 3.22. The molecular formula is C29H36FN3O2. The quantitative estimate of drug-likeness (QED) is 0.213. The number of terminal acetylenes is 1. The van der Waals surface area contributed by atoms with Crippen LogP contribution in [0.3, 0.4) is 0 Å². The van der Waals surface area contributed by atoms with E-state index in [0.717, 1.165) is 65.9 Å². The fourth-order valence-corrected chi connectivity index (χ4v) is 4.19. The lowest BCUT2D eigenvalue weighted by Gasteiger charge is -2.15. The summed E-state index contributed by atoms with van der Waals surface area (Å²) in [6.45, 7) is 8.37. The molecule has 1 aromatic heterocycles. The molecule has 0 saturated heterocycles. The number of halogens is 1. The van der Waals surface area contributed by atoms with Crippen molar-refractivity contribution in [2.45, 2.75) is 72.8 Å². The molecule has 0 radical (unpaired) electrons. The number of ketones is 1. The van der Waals surface area contributed by atoms with Crippen molar-refractivity contribution >= 4 is 11.7 Å². The van der Waals surface area contributed by atoms with E-state index in [9.17, 15) is 4.79 Å². The number of carbonyl (C=O) groups is 1. The molecule has 3 rings (SSSR count). The Balaban J connectivity index is 0.00000432. The van der Waals surface area contributed by atoms with Crippen LogP contribution in [0.2, 0.25) is 0 Å². The maximum absolute atomic E-state index is 13.0. The predicted octanol–water partition coefficient (Wildman–Crippen LogP) is 6.29. The zero-order chi connectivity index (χ0) is 24.7. The Morgan fingerprint density at radius 1 is 1.20 bits per heavy atom. The Bertz CT molecular complexity index is 1190. The molecule has 0 atom stereocenters. The number of allylic oxidation sites excluding steroid dienone is 4. The number of hydrogen-bond acceptors (Lipinski definition) is 4. The molecule has 1 aromatic carbocycles. The van der Waals surface area contributed by atoms with Gasteiger partial charge in [0.05, 0.1) is 18.5 Å². The van der Waals surface area contributed by atoms with E-state index < -0.39 is 0 Å². The van der Waals surface area contributed by atoms with E-state index in [4.69, 9.17) is 16.3 Å². The minimum atomic E-state index is 0. The second-order valence-electron chi connectivity index (χ2n) is 8.86. The maximum Gasteiger partial charge on any atom is 0.184 e. The van der Waals surface area contributed by atoms with Crippen molar-refractivity contribution in [2.24, 2.45) is 4.99 Å². The van der Waals surface area contributed by atoms with Gasteiger partial charge in [0.2, 0.25) is 0 Å². The van der Waals surface area contributed by atoms with Gasteiger partial charge in [0.15, 0.2) is 11.7 Å². The van der Waals surface area contributed by atoms with Gasteiger partial charge in [0.25, 0.3) is 0 Å². The zero-order valence-electron chi connectivity index (χ0n) is 21.5. The third-order valence-corrected chi connectivity index (χ3v) is 6.42. The molecule has 2 aromatic rings. The molecule has 0 N–H and O–H groups in total. The Kier molecular flexibility index (Phi) is 10.2. The van der Waals surface area contributed by atoms with Crippen LogP contribution in [0, 0.1) is 26.2 Å². The van der Waals surface area contributed by atoms with Gasteiger partial charge >= 0.3 is 0 Å². The number of nitrogens with zero attached hydrogens (tertiary/aromatic N) is 3. The number of hydrogen-bond donors (Lipinski definition) is 0. The maximum atomic E-state index is 13.0. The highest BCUT2D eigenvalue weighted by Crippen LogP contribution is 2.27. The fraction of sp³-hybridized carbons (Fsp3) is 0.414. The standard InChI is InChI=1S/C29H35N3O2.FH/c1-7-24-11-9-10-23(13-15-28(24)30-22(5)34-6)17-27(33)19-32-26(8-2)18-29(31-32)25-14-12-20(3)21(4)16-25;/h1,12,14,16-18H,8-11,13,15,19H2,2-6H3;1H/b23-17+,28-24+,30-22?;. The smallest absolute Gasteiger partial charge is 0.184 e. The molecule has 0 bridgehead atoms. The van der Waals surface area contributed by atoms with E-state index in [1.807, 2.05) is 17.7 Å². The molecule has 5 nitrogen and oxygen atoms in total. The number of carbonyl (C=O) groups excluding carboxylic acids is 1. The lowest BCUT2D eigenvalue weighted by molar-refractivity contribution is -0.115. The first-order valence-corrected chi connectivity index (χ1v) is 12.0. The van der Waals surface area contributed by atoms with Gasteiger partial charge < -0.3 is 4.74 Å². The van der Waals surface area contributed by atoms with Crippen LogP contribution in [-0.2, 0) is 22.5 Å². The third-order valence-electron chi connectivity index (χ3n) is 6.42. The van der Waals surface area contributed by atoms with Crippen LogP contribution in [0.4, 0.5) is 4.70 Å². The second-order valence-corrected chi connectivity index (χ2v) is 8.86. The average molecular weight is 478 g/mol. The van der Waals surface area contributed by atoms with Crippen molar-refractivity contribution < 1.29 is 14.2 Å². The van der Waals surface area contributed by atoms with Crippen LogP contribution in [0.5, 0.6) is 0 Å². The van der Waals surface area contributed by atoms with Crippen molar-refractivity contribution in [3.8, 4) is 23.6 Å². The van der Waals surface area contributed by atoms with Crippen LogP contribution in [0.15, 0.2) is 52.2 Å². The number of ether oxygens (including phenoxy) is 1. The molecule has 0 aliphatic heterocycles. The Hall–Kier alpha value is -3.46. The lowest BCUT2D eigenvalue weighted by atomic mass is 9.93.